The molecule has 3 nitrogen and oxygen atoms in total. The number of halogens is 11. The van der Waals surface area contributed by atoms with Crippen LogP contribution in [0.5, 0.6) is 0 Å². The highest BCUT2D eigenvalue weighted by molar-refractivity contribution is 9.11. The number of anilines is 8. The van der Waals surface area contributed by atoms with Crippen molar-refractivity contribution in [1.82, 2.24) is 0 Å². The Labute approximate surface area is 690 Å². The molecule has 0 bridgehead atoms. The molecular weight excluding hydrogens is 1620 g/mol. The summed E-state index contributed by atoms with van der Waals surface area (Å²) in [6, 6.07) is 107. The van der Waals surface area contributed by atoms with Crippen LogP contribution in [0.15, 0.2) is 379 Å². The van der Waals surface area contributed by atoms with Crippen LogP contribution in [0.2, 0.25) is 0 Å². The number of rotatable bonds is 14. The maximum Gasteiger partial charge on any atom is 0.147 e. The van der Waals surface area contributed by atoms with Gasteiger partial charge in [0.25, 0.3) is 0 Å². The minimum atomic E-state index is -0.577. The Kier molecular flexibility index (Phi) is 20.6. The predicted octanol–water partition coefficient (Wildman–Crippen LogP) is 32.3. The summed E-state index contributed by atoms with van der Waals surface area (Å²) in [6.45, 7) is 0. The Morgan fingerprint density at radius 1 is 0.186 bits per heavy atom. The van der Waals surface area contributed by atoms with E-state index in [1.807, 2.05) is 121 Å². The molecule has 0 atom stereocenters. The topological polar surface area (TPSA) is 18.5 Å². The van der Waals surface area contributed by atoms with Crippen LogP contribution in [0.1, 0.15) is 0 Å². The van der Waals surface area contributed by atoms with E-state index in [0.717, 1.165) is 86.1 Å². The molecule has 0 heterocycles. The summed E-state index contributed by atoms with van der Waals surface area (Å²) in [5.74, 6) is -4.12. The van der Waals surface area contributed by atoms with Gasteiger partial charge in [0.15, 0.2) is 0 Å². The third kappa shape index (κ3) is 14.8. The van der Waals surface area contributed by atoms with Gasteiger partial charge < -0.3 is 15.1 Å². The van der Waals surface area contributed by atoms with Gasteiger partial charge in [-0.3, -0.25) is 0 Å². The lowest BCUT2D eigenvalue weighted by Gasteiger charge is -2.30. The average Bonchev–Trinajstić information content (AvgIpc) is 0.712. The third-order valence-electron chi connectivity index (χ3n) is 21.5. The molecule has 0 aromatic heterocycles. The van der Waals surface area contributed by atoms with E-state index in [1.54, 1.807) is 137 Å². The lowest BCUT2D eigenvalue weighted by atomic mass is 9.91. The molecule has 0 aliphatic heterocycles. The molecule has 0 spiro atoms. The second kappa shape index (κ2) is 32.1. The molecule has 20 rings (SSSR count). The molecule has 20 aromatic carbocycles. The van der Waals surface area contributed by atoms with Crippen molar-refractivity contribution in [3.8, 4) is 66.8 Å². The van der Waals surface area contributed by atoms with Crippen molar-refractivity contribution in [2.75, 3.05) is 15.1 Å². The summed E-state index contributed by atoms with van der Waals surface area (Å²) in [5.41, 5.74) is 11.9. The second-order valence-corrected chi connectivity index (χ2v) is 30.3. The molecule has 14 heteroatoms. The summed E-state index contributed by atoms with van der Waals surface area (Å²) < 4.78 is 137. The molecule has 20 aromatic rings. The summed E-state index contributed by atoms with van der Waals surface area (Å²) in [5, 5.41) is 15.3. The Morgan fingerprint density at radius 2 is 0.441 bits per heavy atom. The molecule has 118 heavy (non-hydrogen) atoms. The van der Waals surface area contributed by atoms with Gasteiger partial charge in [0.05, 0.1) is 45.5 Å². The molecule has 0 radical (unpaired) electrons. The zero-order valence-corrected chi connectivity index (χ0v) is 65.4. The lowest BCUT2D eigenvalue weighted by Crippen LogP contribution is -2.14. The van der Waals surface area contributed by atoms with E-state index in [2.05, 4.69) is 85.7 Å². The fourth-order valence-electron chi connectivity index (χ4n) is 15.7. The van der Waals surface area contributed by atoms with Gasteiger partial charge in [-0.15, -0.1) is 0 Å². The zero-order chi connectivity index (χ0) is 80.8. The van der Waals surface area contributed by atoms with Crippen molar-refractivity contribution in [3.05, 3.63) is 431 Å². The van der Waals surface area contributed by atoms with Gasteiger partial charge in [0.2, 0.25) is 0 Å². The van der Waals surface area contributed by atoms with E-state index in [4.69, 9.17) is 0 Å². The molecule has 570 valence electrons. The summed E-state index contributed by atoms with van der Waals surface area (Å²) >= 11 is 7.30. The predicted molar refractivity (Wildman–Crippen MR) is 473 cm³/mol. The van der Waals surface area contributed by atoms with Crippen LogP contribution in [-0.4, -0.2) is 0 Å². The number of nitrogens with zero attached hydrogens (tertiary/aromatic N) is 2. The van der Waals surface area contributed by atoms with E-state index in [-0.39, 0.29) is 51.6 Å². The van der Waals surface area contributed by atoms with Crippen LogP contribution in [0.3, 0.4) is 0 Å². The van der Waals surface area contributed by atoms with Gasteiger partial charge in [-0.1, -0.05) is 268 Å². The van der Waals surface area contributed by atoms with Gasteiger partial charge in [-0.2, -0.15) is 0 Å². The number of para-hydroxylation sites is 3. The summed E-state index contributed by atoms with van der Waals surface area (Å²) in [6.07, 6.45) is 0. The van der Waals surface area contributed by atoms with Crippen molar-refractivity contribution >= 4 is 142 Å². The van der Waals surface area contributed by atoms with Crippen molar-refractivity contribution in [2.24, 2.45) is 0 Å². The van der Waals surface area contributed by atoms with E-state index >= 15 is 17.6 Å². The highest BCUT2D eigenvalue weighted by atomic mass is 79.9. The maximum atomic E-state index is 16.6. The summed E-state index contributed by atoms with van der Waals surface area (Å²) in [4.78, 5) is 3.21. The standard InChI is InChI=1S/C64H38F6N2.C24H16F3N.C16H8Br2/c65-49-27-17-41(18-28-49)39-9-13-43(14-10-39)47-23-33-55(69)61(37-47)71(59-7-3-1-5-53(59)67)57-35-25-45-22-32-52-58(36-26-46-21-31-51(57)63(45)64(46)52)72(60-8-4-2-6-54(60)68)62-38-48(24-34-56(62)70)44-15-11-40(12-16-44)42-19-29-50(66)30-20-42;25-20-12-9-17(10-13-20)16-5-7-18(8-6-16)19-11-14-22(27)24(15-19)28-23-4-2-1-3-21(23)26;17-13-8-4-10-2-6-12-14(18)7-3-9-1-5-11(13)16(10)15(9)12/h1-38H;1-15,28H;1-8H. The Balaban J connectivity index is 0.000000168. The highest BCUT2D eigenvalue weighted by Gasteiger charge is 2.28. The Bertz CT molecular complexity index is 6810. The molecule has 0 saturated heterocycles. The normalized spacial score (nSPS) is 11.3. The van der Waals surface area contributed by atoms with Crippen molar-refractivity contribution in [2.45, 2.75) is 0 Å². The van der Waals surface area contributed by atoms with Gasteiger partial charge >= 0.3 is 0 Å². The molecule has 0 aliphatic rings. The van der Waals surface area contributed by atoms with Gasteiger partial charge in [-0.25, -0.2) is 39.5 Å². The van der Waals surface area contributed by atoms with Gasteiger partial charge in [0, 0.05) is 19.7 Å². The molecule has 0 aliphatic carbocycles. The first kappa shape index (κ1) is 75.6. The molecule has 0 unspecified atom stereocenters. The fraction of sp³-hybridized carbons (Fsp3) is 0. The average molecular weight is 1680 g/mol. The van der Waals surface area contributed by atoms with E-state index in [9.17, 15) is 22.0 Å². The number of hydrogen-bond donors (Lipinski definition) is 1. The summed E-state index contributed by atoms with van der Waals surface area (Å²) in [7, 11) is 0. The monoisotopic (exact) mass is 1680 g/mol. The van der Waals surface area contributed by atoms with Crippen molar-refractivity contribution in [1.29, 1.82) is 0 Å². The molecule has 1 N–H and O–H groups in total. The fourth-order valence-corrected chi connectivity index (χ4v) is 16.6. The minimum absolute atomic E-state index is 0.113. The van der Waals surface area contributed by atoms with Crippen LogP contribution >= 0.6 is 31.9 Å². The SMILES string of the molecule is Brc1ccc2ccc3c(Br)ccc4ccc1c2c43.Fc1ccc(-c2ccc(-c3ccc(F)c(N(c4ccccc4F)c4ccc5ccc6c(N(c7ccccc7F)c7cc(-c8ccc(-c9ccc(F)cc9)cc8)ccc7F)ccc7ccc4c5c76)c3)cc2)cc1.Fc1ccc(-c2ccc(-c3ccc(F)c(Nc4ccccc4F)c3)cc2)cc1. The lowest BCUT2D eigenvalue weighted by molar-refractivity contribution is 0.619. The third-order valence-corrected chi connectivity index (χ3v) is 22.9. The van der Waals surface area contributed by atoms with Crippen LogP contribution < -0.4 is 15.1 Å². The van der Waals surface area contributed by atoms with Crippen molar-refractivity contribution < 1.29 is 39.5 Å². The Hall–Kier alpha value is -13.8. The molecule has 0 saturated carbocycles. The first-order valence-corrected chi connectivity index (χ1v) is 39.4. The molecule has 0 amide bonds. The molecular formula is C104H62Br2F9N3. The first-order chi connectivity index (χ1) is 57.5. The highest BCUT2D eigenvalue weighted by Crippen LogP contribution is 2.51. The van der Waals surface area contributed by atoms with E-state index < -0.39 is 34.9 Å². The van der Waals surface area contributed by atoms with E-state index in [1.165, 1.54) is 105 Å². The zero-order valence-electron chi connectivity index (χ0n) is 62.3. The van der Waals surface area contributed by atoms with Gasteiger partial charge in [-0.05, 0) is 254 Å². The van der Waals surface area contributed by atoms with E-state index in [0.29, 0.717) is 33.3 Å². The first-order valence-electron chi connectivity index (χ1n) is 37.8. The van der Waals surface area contributed by atoms with Crippen molar-refractivity contribution in [3.63, 3.8) is 0 Å². The smallest absolute Gasteiger partial charge is 0.147 e. The van der Waals surface area contributed by atoms with Gasteiger partial charge in [0.1, 0.15) is 52.4 Å². The quantitative estimate of drug-likeness (QED) is 0.0865. The number of benzene rings is 20. The van der Waals surface area contributed by atoms with Crippen LogP contribution in [-0.2, 0) is 0 Å². The number of hydrogen-bond acceptors (Lipinski definition) is 3. The minimum Gasteiger partial charge on any atom is -0.351 e. The Morgan fingerprint density at radius 3 is 0.797 bits per heavy atom. The molecule has 0 fully saturated rings. The van der Waals surface area contributed by atoms with Crippen LogP contribution in [0, 0.1) is 52.4 Å². The maximum absolute atomic E-state index is 16.6. The van der Waals surface area contributed by atoms with Crippen LogP contribution in [0.4, 0.5) is 85.0 Å². The number of nitrogens with one attached hydrogen (secondary N) is 1. The van der Waals surface area contributed by atoms with Crippen LogP contribution in [0.25, 0.3) is 131 Å². The second-order valence-electron chi connectivity index (χ2n) is 28.6. The largest absolute Gasteiger partial charge is 0.351 e.